The second-order valence-electron chi connectivity index (χ2n) is 4.34. The van der Waals surface area contributed by atoms with Crippen LogP contribution in [0.2, 0.25) is 0 Å². The third kappa shape index (κ3) is 6.26. The summed E-state index contributed by atoms with van der Waals surface area (Å²) < 4.78 is 5.17. The van der Waals surface area contributed by atoms with E-state index in [9.17, 15) is 9.59 Å². The molecule has 0 aromatic carbocycles. The largest absolute Gasteiger partial charge is 0.394 e. The molecule has 7 heteroatoms. The minimum Gasteiger partial charge on any atom is -0.394 e. The van der Waals surface area contributed by atoms with Crippen LogP contribution in [0.4, 0.5) is 0 Å². The van der Waals surface area contributed by atoms with Gasteiger partial charge in [0.1, 0.15) is 0 Å². The van der Waals surface area contributed by atoms with Crippen LogP contribution in [0.5, 0.6) is 0 Å². The van der Waals surface area contributed by atoms with Gasteiger partial charge < -0.3 is 20.1 Å². The van der Waals surface area contributed by atoms with Gasteiger partial charge in [0.2, 0.25) is 11.8 Å². The van der Waals surface area contributed by atoms with Crippen LogP contribution in [-0.4, -0.2) is 72.3 Å². The zero-order chi connectivity index (χ0) is 14.1. The molecule has 0 radical (unpaired) electrons. The minimum atomic E-state index is -0.192. The van der Waals surface area contributed by atoms with E-state index >= 15 is 0 Å². The quantitative estimate of drug-likeness (QED) is 0.659. The molecule has 1 atom stereocenters. The van der Waals surface area contributed by atoms with Gasteiger partial charge >= 0.3 is 0 Å². The zero-order valence-corrected chi connectivity index (χ0v) is 12.1. The van der Waals surface area contributed by atoms with Gasteiger partial charge in [-0.05, 0) is 6.42 Å². The van der Waals surface area contributed by atoms with E-state index in [1.54, 1.807) is 4.90 Å². The van der Waals surface area contributed by atoms with Gasteiger partial charge in [0.05, 0.1) is 37.4 Å². The van der Waals surface area contributed by atoms with E-state index in [2.05, 4.69) is 5.32 Å². The van der Waals surface area contributed by atoms with Crippen molar-refractivity contribution < 1.29 is 19.4 Å². The molecule has 0 aromatic rings. The van der Waals surface area contributed by atoms with Gasteiger partial charge in [0, 0.05) is 13.1 Å². The van der Waals surface area contributed by atoms with E-state index in [0.29, 0.717) is 38.5 Å². The fourth-order valence-electron chi connectivity index (χ4n) is 1.68. The summed E-state index contributed by atoms with van der Waals surface area (Å²) in [7, 11) is 0. The van der Waals surface area contributed by atoms with Crippen molar-refractivity contribution in [3.05, 3.63) is 0 Å². The average Bonchev–Trinajstić information content (AvgIpc) is 2.45. The van der Waals surface area contributed by atoms with E-state index in [1.807, 2.05) is 6.92 Å². The third-order valence-corrected chi connectivity index (χ3v) is 3.82. The summed E-state index contributed by atoms with van der Waals surface area (Å²) >= 11 is 1.30. The number of nitrogens with zero attached hydrogens (tertiary/aromatic N) is 1. The van der Waals surface area contributed by atoms with E-state index in [1.165, 1.54) is 11.8 Å². The smallest absolute Gasteiger partial charge is 0.232 e. The molecule has 19 heavy (non-hydrogen) atoms. The Hall–Kier alpha value is -0.790. The number of amides is 2. The second-order valence-corrected chi connectivity index (χ2v) is 5.33. The van der Waals surface area contributed by atoms with E-state index < -0.39 is 0 Å². The van der Waals surface area contributed by atoms with Crippen molar-refractivity contribution in [2.24, 2.45) is 0 Å². The first-order chi connectivity index (χ1) is 9.17. The lowest BCUT2D eigenvalue weighted by molar-refractivity contribution is -0.132. The van der Waals surface area contributed by atoms with Crippen molar-refractivity contribution in [1.82, 2.24) is 10.2 Å². The fourth-order valence-corrected chi connectivity index (χ4v) is 2.41. The summed E-state index contributed by atoms with van der Waals surface area (Å²) in [6, 6.07) is -0.192. The number of aliphatic hydroxyl groups excluding tert-OH is 1. The summed E-state index contributed by atoms with van der Waals surface area (Å²) in [6.07, 6.45) is 0.694. The lowest BCUT2D eigenvalue weighted by Gasteiger charge is -2.26. The molecule has 0 aromatic heterocycles. The number of hydrogen-bond donors (Lipinski definition) is 2. The van der Waals surface area contributed by atoms with Crippen LogP contribution < -0.4 is 5.32 Å². The lowest BCUT2D eigenvalue weighted by Crippen LogP contribution is -2.42. The number of carbonyl (C=O) groups is 2. The number of carbonyl (C=O) groups excluding carboxylic acids is 2. The molecule has 0 aliphatic carbocycles. The van der Waals surface area contributed by atoms with Crippen LogP contribution in [0.3, 0.4) is 0 Å². The molecule has 1 rings (SSSR count). The Kier molecular flexibility index (Phi) is 7.85. The maximum absolute atomic E-state index is 11.8. The monoisotopic (exact) mass is 290 g/mol. The van der Waals surface area contributed by atoms with Gasteiger partial charge in [-0.25, -0.2) is 0 Å². The molecular weight excluding hydrogens is 268 g/mol. The normalized spacial score (nSPS) is 17.1. The maximum atomic E-state index is 11.8. The standard InChI is InChI=1S/C12H22N2O4S/c1-2-10(7-15)13-11(16)8-19-9-12(17)14-3-5-18-6-4-14/h10,15H,2-9H2,1H3,(H,13,16)/t10-/m0/s1. The van der Waals surface area contributed by atoms with Gasteiger partial charge in [0.25, 0.3) is 0 Å². The molecular formula is C12H22N2O4S. The highest BCUT2D eigenvalue weighted by molar-refractivity contribution is 8.00. The van der Waals surface area contributed by atoms with Crippen LogP contribution in [0, 0.1) is 0 Å². The Labute approximate surface area is 117 Å². The summed E-state index contributed by atoms with van der Waals surface area (Å²) in [5, 5.41) is 11.7. The molecule has 1 heterocycles. The predicted molar refractivity (Wildman–Crippen MR) is 74.0 cm³/mol. The number of ether oxygens (including phenoxy) is 1. The minimum absolute atomic E-state index is 0.0512. The van der Waals surface area contributed by atoms with Crippen LogP contribution in [-0.2, 0) is 14.3 Å². The lowest BCUT2D eigenvalue weighted by atomic mass is 10.2. The number of rotatable bonds is 7. The highest BCUT2D eigenvalue weighted by atomic mass is 32.2. The number of aliphatic hydroxyl groups is 1. The van der Waals surface area contributed by atoms with Crippen LogP contribution in [0.15, 0.2) is 0 Å². The summed E-state index contributed by atoms with van der Waals surface area (Å²) in [5.74, 6) is 0.464. The first kappa shape index (κ1) is 16.3. The molecule has 2 N–H and O–H groups in total. The fraction of sp³-hybridized carbons (Fsp3) is 0.833. The van der Waals surface area contributed by atoms with E-state index in [4.69, 9.17) is 9.84 Å². The molecule has 0 bridgehead atoms. The highest BCUT2D eigenvalue weighted by Gasteiger charge is 2.17. The molecule has 2 amide bonds. The van der Waals surface area contributed by atoms with E-state index in [-0.39, 0.29) is 30.2 Å². The molecule has 1 aliphatic rings. The summed E-state index contributed by atoms with van der Waals surface area (Å²) in [6.45, 7) is 4.29. The van der Waals surface area contributed by atoms with Gasteiger partial charge in [-0.2, -0.15) is 0 Å². The second kappa shape index (κ2) is 9.17. The first-order valence-corrected chi connectivity index (χ1v) is 7.66. The van der Waals surface area contributed by atoms with Crippen molar-refractivity contribution in [3.63, 3.8) is 0 Å². The van der Waals surface area contributed by atoms with Crippen LogP contribution >= 0.6 is 11.8 Å². The number of nitrogens with one attached hydrogen (secondary N) is 1. The van der Waals surface area contributed by atoms with Gasteiger partial charge in [-0.15, -0.1) is 11.8 Å². The Bertz CT molecular complexity index is 291. The molecule has 0 spiro atoms. The number of hydrogen-bond acceptors (Lipinski definition) is 5. The van der Waals surface area contributed by atoms with Gasteiger partial charge in [-0.1, -0.05) is 6.92 Å². The SMILES string of the molecule is CC[C@@H](CO)NC(=O)CSCC(=O)N1CCOCC1. The molecule has 1 saturated heterocycles. The van der Waals surface area contributed by atoms with Crippen molar-refractivity contribution in [2.75, 3.05) is 44.4 Å². The third-order valence-electron chi connectivity index (χ3n) is 2.90. The highest BCUT2D eigenvalue weighted by Crippen LogP contribution is 2.05. The van der Waals surface area contributed by atoms with Crippen LogP contribution in [0.1, 0.15) is 13.3 Å². The topological polar surface area (TPSA) is 78.9 Å². The van der Waals surface area contributed by atoms with Gasteiger partial charge in [-0.3, -0.25) is 9.59 Å². The number of morpholine rings is 1. The Morgan fingerprint density at radius 2 is 2.05 bits per heavy atom. The van der Waals surface area contributed by atoms with Crippen molar-refractivity contribution in [3.8, 4) is 0 Å². The Balaban J connectivity index is 2.15. The maximum Gasteiger partial charge on any atom is 0.232 e. The molecule has 1 fully saturated rings. The first-order valence-electron chi connectivity index (χ1n) is 6.50. The Morgan fingerprint density at radius 3 is 2.63 bits per heavy atom. The molecule has 1 aliphatic heterocycles. The average molecular weight is 290 g/mol. The van der Waals surface area contributed by atoms with Crippen LogP contribution in [0.25, 0.3) is 0 Å². The molecule has 0 unspecified atom stereocenters. The number of thioether (sulfide) groups is 1. The molecule has 110 valence electrons. The molecule has 6 nitrogen and oxygen atoms in total. The zero-order valence-electron chi connectivity index (χ0n) is 11.3. The van der Waals surface area contributed by atoms with Crippen molar-refractivity contribution >= 4 is 23.6 Å². The van der Waals surface area contributed by atoms with E-state index in [0.717, 1.165) is 0 Å². The molecule has 0 saturated carbocycles. The van der Waals surface area contributed by atoms with Crippen molar-refractivity contribution in [2.45, 2.75) is 19.4 Å². The summed E-state index contributed by atoms with van der Waals surface area (Å²) in [4.78, 5) is 25.1. The van der Waals surface area contributed by atoms with Crippen molar-refractivity contribution in [1.29, 1.82) is 0 Å². The predicted octanol–water partition coefficient (Wildman–Crippen LogP) is -0.534. The van der Waals surface area contributed by atoms with Gasteiger partial charge in [0.15, 0.2) is 0 Å². The summed E-state index contributed by atoms with van der Waals surface area (Å²) in [5.41, 5.74) is 0. The Morgan fingerprint density at radius 1 is 1.37 bits per heavy atom.